The zero-order valence-corrected chi connectivity index (χ0v) is 9.76. The Morgan fingerprint density at radius 3 is 2.67 bits per heavy atom. The summed E-state index contributed by atoms with van der Waals surface area (Å²) in [6, 6.07) is 0.00690. The van der Waals surface area contributed by atoms with E-state index < -0.39 is 0 Å². The molecule has 1 aliphatic heterocycles. The summed E-state index contributed by atoms with van der Waals surface area (Å²) < 4.78 is 0. The van der Waals surface area contributed by atoms with Crippen molar-refractivity contribution in [3.63, 3.8) is 0 Å². The highest BCUT2D eigenvalue weighted by molar-refractivity contribution is 8.00. The van der Waals surface area contributed by atoms with Crippen LogP contribution in [-0.2, 0) is 4.79 Å². The van der Waals surface area contributed by atoms with Crippen LogP contribution in [0.15, 0.2) is 0 Å². The molecule has 2 rings (SSSR count). The van der Waals surface area contributed by atoms with E-state index in [1.54, 1.807) is 11.8 Å². The fourth-order valence-corrected chi connectivity index (χ4v) is 3.51. The van der Waals surface area contributed by atoms with Crippen molar-refractivity contribution in [2.45, 2.75) is 55.9 Å². The highest BCUT2D eigenvalue weighted by atomic mass is 32.2. The van der Waals surface area contributed by atoms with E-state index in [1.807, 2.05) is 0 Å². The summed E-state index contributed by atoms with van der Waals surface area (Å²) in [5.74, 6) is 1.24. The minimum Gasteiger partial charge on any atom is -0.391 e. The summed E-state index contributed by atoms with van der Waals surface area (Å²) in [6.45, 7) is 0. The maximum absolute atomic E-state index is 11.8. The van der Waals surface area contributed by atoms with Gasteiger partial charge in [-0.25, -0.2) is 0 Å². The maximum Gasteiger partial charge on any atom is 0.233 e. The van der Waals surface area contributed by atoms with Gasteiger partial charge in [-0.15, -0.1) is 11.8 Å². The first-order valence-corrected chi connectivity index (χ1v) is 6.92. The Hall–Kier alpha value is -0.220. The Labute approximate surface area is 95.0 Å². The van der Waals surface area contributed by atoms with Crippen molar-refractivity contribution in [3.05, 3.63) is 0 Å². The van der Waals surface area contributed by atoms with Crippen LogP contribution in [0, 0.1) is 0 Å². The van der Waals surface area contributed by atoms with Gasteiger partial charge < -0.3 is 10.4 Å². The Morgan fingerprint density at radius 1 is 1.20 bits per heavy atom. The molecule has 2 aliphatic rings. The summed E-state index contributed by atoms with van der Waals surface area (Å²) in [4.78, 5) is 11.8. The minimum atomic E-state index is -0.325. The van der Waals surface area contributed by atoms with Gasteiger partial charge >= 0.3 is 0 Å². The van der Waals surface area contributed by atoms with Crippen molar-refractivity contribution < 1.29 is 9.90 Å². The number of hydrogen-bond donors (Lipinski definition) is 2. The highest BCUT2D eigenvalue weighted by Gasteiger charge is 2.29. The largest absolute Gasteiger partial charge is 0.391 e. The molecule has 15 heavy (non-hydrogen) atoms. The molecule has 0 radical (unpaired) electrons. The van der Waals surface area contributed by atoms with E-state index in [0.717, 1.165) is 44.3 Å². The molecule has 0 aromatic carbocycles. The smallest absolute Gasteiger partial charge is 0.233 e. The third-order valence-electron chi connectivity index (χ3n) is 3.28. The molecule has 86 valence electrons. The lowest BCUT2D eigenvalue weighted by Gasteiger charge is -2.29. The Kier molecular flexibility index (Phi) is 3.92. The van der Waals surface area contributed by atoms with Crippen molar-refractivity contribution in [3.8, 4) is 0 Å². The fraction of sp³-hybridized carbons (Fsp3) is 0.909. The van der Waals surface area contributed by atoms with Crippen molar-refractivity contribution >= 4 is 17.7 Å². The predicted molar refractivity (Wildman–Crippen MR) is 61.9 cm³/mol. The number of aliphatic hydroxyl groups excluding tert-OH is 1. The van der Waals surface area contributed by atoms with Crippen LogP contribution in [0.25, 0.3) is 0 Å². The van der Waals surface area contributed by atoms with Gasteiger partial charge in [0.15, 0.2) is 0 Å². The van der Waals surface area contributed by atoms with E-state index in [-0.39, 0.29) is 23.3 Å². The van der Waals surface area contributed by atoms with Gasteiger partial charge in [0.25, 0.3) is 0 Å². The molecule has 0 spiro atoms. The molecule has 2 fully saturated rings. The van der Waals surface area contributed by atoms with E-state index in [1.165, 1.54) is 0 Å². The summed E-state index contributed by atoms with van der Waals surface area (Å²) in [5, 5.41) is 12.9. The van der Waals surface area contributed by atoms with Crippen LogP contribution < -0.4 is 5.32 Å². The number of nitrogens with one attached hydrogen (secondary N) is 1. The normalized spacial score (nSPS) is 36.5. The summed E-state index contributed by atoms with van der Waals surface area (Å²) in [5.41, 5.74) is 0. The molecule has 3 unspecified atom stereocenters. The second-order valence-corrected chi connectivity index (χ2v) is 5.78. The molecule has 1 saturated carbocycles. The van der Waals surface area contributed by atoms with Gasteiger partial charge in [-0.2, -0.15) is 0 Å². The molecule has 1 aliphatic carbocycles. The maximum atomic E-state index is 11.8. The second-order valence-electron chi connectivity index (χ2n) is 4.47. The van der Waals surface area contributed by atoms with Gasteiger partial charge in [0, 0.05) is 0 Å². The van der Waals surface area contributed by atoms with Crippen LogP contribution in [0.3, 0.4) is 0 Å². The number of carbonyl (C=O) groups is 1. The molecule has 1 saturated heterocycles. The van der Waals surface area contributed by atoms with Crippen LogP contribution in [0.2, 0.25) is 0 Å². The molecule has 0 aromatic heterocycles. The Bertz CT molecular complexity index is 229. The number of carbonyl (C=O) groups excluding carboxylic acids is 1. The third kappa shape index (κ3) is 2.88. The van der Waals surface area contributed by atoms with Gasteiger partial charge in [-0.05, 0) is 31.4 Å². The molecule has 1 heterocycles. The topological polar surface area (TPSA) is 49.3 Å². The van der Waals surface area contributed by atoms with Crippen molar-refractivity contribution in [2.75, 3.05) is 5.75 Å². The van der Waals surface area contributed by atoms with Gasteiger partial charge in [-0.3, -0.25) is 4.79 Å². The lowest BCUT2D eigenvalue weighted by Crippen LogP contribution is -2.47. The Balaban J connectivity index is 1.81. The quantitative estimate of drug-likeness (QED) is 0.750. The van der Waals surface area contributed by atoms with Crippen LogP contribution in [0.1, 0.15) is 38.5 Å². The number of hydrogen-bond acceptors (Lipinski definition) is 3. The molecule has 1 amide bonds. The standard InChI is InChI=1S/C11H19NO2S/c13-9-5-2-1-4-8(9)12-11(14)10-6-3-7-15-10/h8-10,13H,1-7H2,(H,12,14). The van der Waals surface area contributed by atoms with E-state index in [0.29, 0.717) is 0 Å². The molecule has 4 heteroatoms. The molecular weight excluding hydrogens is 210 g/mol. The summed E-state index contributed by atoms with van der Waals surface area (Å²) >= 11 is 1.75. The van der Waals surface area contributed by atoms with Crippen LogP contribution >= 0.6 is 11.8 Å². The van der Waals surface area contributed by atoms with E-state index in [4.69, 9.17) is 0 Å². The lowest BCUT2D eigenvalue weighted by atomic mass is 9.92. The first-order valence-electron chi connectivity index (χ1n) is 5.87. The average Bonchev–Trinajstić information content (AvgIpc) is 2.74. The number of rotatable bonds is 2. The number of aliphatic hydroxyl groups is 1. The molecular formula is C11H19NO2S. The van der Waals surface area contributed by atoms with E-state index >= 15 is 0 Å². The monoisotopic (exact) mass is 229 g/mol. The van der Waals surface area contributed by atoms with Gasteiger partial charge in [0.1, 0.15) is 0 Å². The molecule has 3 atom stereocenters. The van der Waals surface area contributed by atoms with Gasteiger partial charge in [0.2, 0.25) is 5.91 Å². The molecule has 0 bridgehead atoms. The SMILES string of the molecule is O=C(NC1CCCCC1O)C1CCCS1. The fourth-order valence-electron chi connectivity index (χ4n) is 2.34. The van der Waals surface area contributed by atoms with Crippen LogP contribution in [-0.4, -0.2) is 34.2 Å². The molecule has 2 N–H and O–H groups in total. The first-order chi connectivity index (χ1) is 7.27. The molecule has 3 nitrogen and oxygen atoms in total. The summed E-state index contributed by atoms with van der Waals surface area (Å²) in [6.07, 6.45) is 5.81. The van der Waals surface area contributed by atoms with E-state index in [2.05, 4.69) is 5.32 Å². The third-order valence-corrected chi connectivity index (χ3v) is 4.66. The average molecular weight is 229 g/mol. The number of thioether (sulfide) groups is 1. The van der Waals surface area contributed by atoms with E-state index in [9.17, 15) is 9.90 Å². The van der Waals surface area contributed by atoms with Crippen molar-refractivity contribution in [1.29, 1.82) is 0 Å². The number of amides is 1. The van der Waals surface area contributed by atoms with Crippen LogP contribution in [0.4, 0.5) is 0 Å². The van der Waals surface area contributed by atoms with Gasteiger partial charge in [0.05, 0.1) is 17.4 Å². The zero-order valence-electron chi connectivity index (χ0n) is 8.95. The molecule has 0 aromatic rings. The van der Waals surface area contributed by atoms with Crippen molar-refractivity contribution in [1.82, 2.24) is 5.32 Å². The van der Waals surface area contributed by atoms with Crippen LogP contribution in [0.5, 0.6) is 0 Å². The van der Waals surface area contributed by atoms with Crippen molar-refractivity contribution in [2.24, 2.45) is 0 Å². The highest BCUT2D eigenvalue weighted by Crippen LogP contribution is 2.27. The lowest BCUT2D eigenvalue weighted by molar-refractivity contribution is -0.122. The first kappa shape index (κ1) is 11.3. The Morgan fingerprint density at radius 2 is 2.00 bits per heavy atom. The minimum absolute atomic E-state index is 0.00690. The predicted octanol–water partition coefficient (Wildman–Crippen LogP) is 1.30. The van der Waals surface area contributed by atoms with Gasteiger partial charge in [-0.1, -0.05) is 12.8 Å². The second kappa shape index (κ2) is 5.21. The zero-order chi connectivity index (χ0) is 10.7. The summed E-state index contributed by atoms with van der Waals surface area (Å²) in [7, 11) is 0.